The molecule has 2 aromatic carbocycles. The summed E-state index contributed by atoms with van der Waals surface area (Å²) in [5, 5.41) is 10.2. The van der Waals surface area contributed by atoms with E-state index in [0.717, 1.165) is 11.3 Å². The molecule has 0 atom stereocenters. The third-order valence-electron chi connectivity index (χ3n) is 4.23. The Morgan fingerprint density at radius 3 is 2.50 bits per heavy atom. The Morgan fingerprint density at radius 2 is 1.83 bits per heavy atom. The zero-order chi connectivity index (χ0) is 17.1. The molecule has 0 bridgehead atoms. The van der Waals surface area contributed by atoms with Gasteiger partial charge in [0.05, 0.1) is 5.69 Å². The van der Waals surface area contributed by atoms with Crippen LogP contribution in [0.2, 0.25) is 5.02 Å². The molecule has 3 nitrogen and oxygen atoms in total. The van der Waals surface area contributed by atoms with Crippen LogP contribution in [0.4, 0.5) is 5.69 Å². The van der Waals surface area contributed by atoms with Gasteiger partial charge >= 0.3 is 0 Å². The Hall–Kier alpha value is -2.70. The van der Waals surface area contributed by atoms with Gasteiger partial charge in [0.1, 0.15) is 11.8 Å². The third-order valence-corrected chi connectivity index (χ3v) is 4.48. The number of anilines is 1. The molecule has 0 aliphatic heterocycles. The second kappa shape index (κ2) is 6.82. The first-order valence-corrected chi connectivity index (χ1v) is 8.13. The second-order valence-electron chi connectivity index (χ2n) is 5.86. The van der Waals surface area contributed by atoms with Crippen LogP contribution in [0.1, 0.15) is 28.1 Å². The van der Waals surface area contributed by atoms with Crippen molar-refractivity contribution < 1.29 is 0 Å². The molecular weight excluding hydrogens is 318 g/mol. The van der Waals surface area contributed by atoms with E-state index in [1.165, 1.54) is 11.1 Å². The minimum absolute atomic E-state index is 0.583. The van der Waals surface area contributed by atoms with E-state index in [9.17, 15) is 5.26 Å². The van der Waals surface area contributed by atoms with Crippen LogP contribution in [0, 0.1) is 18.3 Å². The topological polar surface area (TPSA) is 54.7 Å². The van der Waals surface area contributed by atoms with Crippen molar-refractivity contribution in [1.82, 2.24) is 4.57 Å². The van der Waals surface area contributed by atoms with Crippen LogP contribution in [-0.2, 0) is 13.0 Å². The molecule has 4 heteroatoms. The van der Waals surface area contributed by atoms with Crippen LogP contribution in [0.25, 0.3) is 0 Å². The molecule has 0 radical (unpaired) electrons. The molecule has 0 fully saturated rings. The van der Waals surface area contributed by atoms with Crippen LogP contribution in [0.15, 0.2) is 54.6 Å². The summed E-state index contributed by atoms with van der Waals surface area (Å²) in [4.78, 5) is 0. The van der Waals surface area contributed by atoms with Crippen molar-refractivity contribution in [2.24, 2.45) is 0 Å². The molecule has 24 heavy (non-hydrogen) atoms. The molecule has 0 aliphatic carbocycles. The van der Waals surface area contributed by atoms with Gasteiger partial charge in [-0.2, -0.15) is 5.26 Å². The average Bonchev–Trinajstić information content (AvgIpc) is 2.87. The summed E-state index contributed by atoms with van der Waals surface area (Å²) in [5.74, 6) is 0. The monoisotopic (exact) mass is 335 g/mol. The molecule has 0 amide bonds. The van der Waals surface area contributed by atoms with Crippen molar-refractivity contribution in [2.75, 3.05) is 5.73 Å². The summed E-state index contributed by atoms with van der Waals surface area (Å²) in [6.45, 7) is 2.71. The highest BCUT2D eigenvalue weighted by molar-refractivity contribution is 6.30. The van der Waals surface area contributed by atoms with Gasteiger partial charge in [-0.1, -0.05) is 48.0 Å². The number of aromatic nitrogens is 1. The lowest BCUT2D eigenvalue weighted by Gasteiger charge is -2.13. The van der Waals surface area contributed by atoms with E-state index in [0.29, 0.717) is 29.4 Å². The van der Waals surface area contributed by atoms with Gasteiger partial charge in [0, 0.05) is 23.7 Å². The number of nitrogen functional groups attached to an aromatic ring is 1. The maximum atomic E-state index is 9.46. The van der Waals surface area contributed by atoms with Gasteiger partial charge in [0.25, 0.3) is 0 Å². The van der Waals surface area contributed by atoms with Gasteiger partial charge in [-0.3, -0.25) is 0 Å². The van der Waals surface area contributed by atoms with Crippen LogP contribution in [-0.4, -0.2) is 4.57 Å². The highest BCUT2D eigenvalue weighted by atomic mass is 35.5. The molecule has 0 saturated heterocycles. The summed E-state index contributed by atoms with van der Waals surface area (Å²) >= 11 is 5.96. The Kier molecular flexibility index (Phi) is 4.59. The van der Waals surface area contributed by atoms with Crippen LogP contribution < -0.4 is 5.73 Å². The Morgan fingerprint density at radius 1 is 1.12 bits per heavy atom. The molecule has 0 spiro atoms. The highest BCUT2D eigenvalue weighted by Crippen LogP contribution is 2.24. The lowest BCUT2D eigenvalue weighted by molar-refractivity contribution is 0.745. The highest BCUT2D eigenvalue weighted by Gasteiger charge is 2.14. The molecule has 120 valence electrons. The average molecular weight is 336 g/mol. The predicted molar refractivity (Wildman–Crippen MR) is 98.1 cm³/mol. The number of rotatable bonds is 4. The van der Waals surface area contributed by atoms with Gasteiger partial charge in [-0.25, -0.2) is 0 Å². The molecule has 2 N–H and O–H groups in total. The first-order valence-electron chi connectivity index (χ1n) is 7.75. The fourth-order valence-electron chi connectivity index (χ4n) is 2.83. The Balaban J connectivity index is 2.00. The molecule has 1 aromatic heterocycles. The van der Waals surface area contributed by atoms with Crippen molar-refractivity contribution in [1.29, 1.82) is 5.26 Å². The summed E-state index contributed by atoms with van der Waals surface area (Å²) in [5.41, 5.74) is 11.9. The van der Waals surface area contributed by atoms with E-state index >= 15 is 0 Å². The van der Waals surface area contributed by atoms with Gasteiger partial charge in [0.2, 0.25) is 0 Å². The fraction of sp³-hybridized carbons (Fsp3) is 0.150. The number of benzene rings is 2. The van der Waals surface area contributed by atoms with Gasteiger partial charge in [-0.05, 0) is 41.8 Å². The number of hydrogen-bond donors (Lipinski definition) is 1. The Labute approximate surface area is 146 Å². The van der Waals surface area contributed by atoms with Crippen LogP contribution >= 0.6 is 11.6 Å². The van der Waals surface area contributed by atoms with Gasteiger partial charge < -0.3 is 10.3 Å². The third kappa shape index (κ3) is 3.29. The fourth-order valence-corrected chi connectivity index (χ4v) is 2.96. The zero-order valence-corrected chi connectivity index (χ0v) is 14.2. The van der Waals surface area contributed by atoms with Crippen LogP contribution in [0.5, 0.6) is 0 Å². The summed E-state index contributed by atoms with van der Waals surface area (Å²) in [7, 11) is 0. The van der Waals surface area contributed by atoms with E-state index in [4.69, 9.17) is 17.3 Å². The molecular formula is C20H18ClN3. The summed E-state index contributed by atoms with van der Waals surface area (Å²) < 4.78 is 2.01. The Bertz CT molecular complexity index is 902. The number of nitrogens with two attached hydrogens (primary N) is 1. The van der Waals surface area contributed by atoms with E-state index in [-0.39, 0.29) is 0 Å². The molecule has 1 heterocycles. The SMILES string of the molecule is Cc1ccccc1Cn1c(C#N)cc(N)c1Cc1ccc(Cl)cc1. The number of nitrogens with zero attached hydrogens (tertiary/aromatic N) is 2. The van der Waals surface area contributed by atoms with E-state index in [1.54, 1.807) is 6.07 Å². The van der Waals surface area contributed by atoms with E-state index in [1.807, 2.05) is 41.0 Å². The standard InChI is InChI=1S/C20H18ClN3/c1-14-4-2-3-5-16(14)13-24-18(12-22)11-19(23)20(24)10-15-6-8-17(21)9-7-15/h2-9,11H,10,13,23H2,1H3. The van der Waals surface area contributed by atoms with Crippen LogP contribution in [0.3, 0.4) is 0 Å². The van der Waals surface area contributed by atoms with Crippen molar-refractivity contribution in [3.63, 3.8) is 0 Å². The lowest BCUT2D eigenvalue weighted by Crippen LogP contribution is -2.09. The zero-order valence-electron chi connectivity index (χ0n) is 13.5. The molecule has 3 rings (SSSR count). The lowest BCUT2D eigenvalue weighted by atomic mass is 10.1. The van der Waals surface area contributed by atoms with E-state index < -0.39 is 0 Å². The quantitative estimate of drug-likeness (QED) is 0.760. The van der Waals surface area contributed by atoms with Crippen molar-refractivity contribution in [3.05, 3.63) is 87.7 Å². The largest absolute Gasteiger partial charge is 0.397 e. The number of aryl methyl sites for hydroxylation is 1. The molecule has 0 unspecified atom stereocenters. The summed E-state index contributed by atoms with van der Waals surface area (Å²) in [6, 6.07) is 19.9. The number of nitriles is 1. The minimum Gasteiger partial charge on any atom is -0.397 e. The minimum atomic E-state index is 0.583. The molecule has 0 aliphatic rings. The van der Waals surface area contributed by atoms with Crippen molar-refractivity contribution >= 4 is 17.3 Å². The van der Waals surface area contributed by atoms with Crippen molar-refractivity contribution in [2.45, 2.75) is 19.9 Å². The number of halogens is 1. The molecule has 3 aromatic rings. The summed E-state index contributed by atoms with van der Waals surface area (Å²) in [6.07, 6.45) is 0.663. The maximum absolute atomic E-state index is 9.46. The maximum Gasteiger partial charge on any atom is 0.122 e. The first kappa shape index (κ1) is 16.2. The van der Waals surface area contributed by atoms with Crippen molar-refractivity contribution in [3.8, 4) is 6.07 Å². The van der Waals surface area contributed by atoms with Gasteiger partial charge in [-0.15, -0.1) is 0 Å². The van der Waals surface area contributed by atoms with Gasteiger partial charge in [0.15, 0.2) is 0 Å². The second-order valence-corrected chi connectivity index (χ2v) is 6.30. The normalized spacial score (nSPS) is 10.5. The number of hydrogen-bond acceptors (Lipinski definition) is 2. The molecule has 0 saturated carbocycles. The first-order chi connectivity index (χ1) is 11.6. The predicted octanol–water partition coefficient (Wildman–Crippen LogP) is 4.54. The van der Waals surface area contributed by atoms with E-state index in [2.05, 4.69) is 25.1 Å². The smallest absolute Gasteiger partial charge is 0.122 e.